The maximum absolute atomic E-state index is 11.8. The van der Waals surface area contributed by atoms with Crippen molar-refractivity contribution >= 4 is 5.82 Å². The average Bonchev–Trinajstić information content (AvgIpc) is 2.74. The SMILES string of the molecule is N#Cc1cc(-c2n[nH]c(=O)cc2-c2ccncc2)cnc1N1CCOCC1. The number of ether oxygens (including phenoxy) is 1. The third-order valence-electron chi connectivity index (χ3n) is 4.37. The largest absolute Gasteiger partial charge is 0.378 e. The minimum atomic E-state index is -0.302. The van der Waals surface area contributed by atoms with Crippen LogP contribution in [0.15, 0.2) is 47.7 Å². The van der Waals surface area contributed by atoms with Crippen LogP contribution in [0.3, 0.4) is 0 Å². The Morgan fingerprint density at radius 1 is 1.15 bits per heavy atom. The van der Waals surface area contributed by atoms with Crippen LogP contribution in [0.2, 0.25) is 0 Å². The van der Waals surface area contributed by atoms with E-state index in [9.17, 15) is 10.1 Å². The Balaban J connectivity index is 1.80. The van der Waals surface area contributed by atoms with Crippen molar-refractivity contribution in [2.24, 2.45) is 0 Å². The number of nitrogens with one attached hydrogen (secondary N) is 1. The molecule has 0 aromatic carbocycles. The number of hydrogen-bond donors (Lipinski definition) is 1. The highest BCUT2D eigenvalue weighted by Crippen LogP contribution is 2.30. The Morgan fingerprint density at radius 2 is 1.93 bits per heavy atom. The van der Waals surface area contributed by atoms with Gasteiger partial charge in [0.2, 0.25) is 0 Å². The lowest BCUT2D eigenvalue weighted by Crippen LogP contribution is -2.37. The molecule has 27 heavy (non-hydrogen) atoms. The fourth-order valence-corrected chi connectivity index (χ4v) is 3.07. The minimum Gasteiger partial charge on any atom is -0.378 e. The van der Waals surface area contributed by atoms with Crippen molar-refractivity contribution in [1.82, 2.24) is 20.2 Å². The number of nitriles is 1. The van der Waals surface area contributed by atoms with Gasteiger partial charge in [0.05, 0.1) is 18.8 Å². The van der Waals surface area contributed by atoms with E-state index in [0.29, 0.717) is 54.5 Å². The third kappa shape index (κ3) is 3.41. The second-order valence-electron chi connectivity index (χ2n) is 6.04. The number of nitrogens with zero attached hydrogens (tertiary/aromatic N) is 5. The molecule has 0 bridgehead atoms. The first-order valence-electron chi connectivity index (χ1n) is 8.49. The Kier molecular flexibility index (Phi) is 4.60. The van der Waals surface area contributed by atoms with E-state index in [-0.39, 0.29) is 5.56 Å². The first-order valence-corrected chi connectivity index (χ1v) is 8.49. The van der Waals surface area contributed by atoms with Crippen LogP contribution in [0.25, 0.3) is 22.4 Å². The highest BCUT2D eigenvalue weighted by Gasteiger charge is 2.18. The normalized spacial score (nSPS) is 14.0. The van der Waals surface area contributed by atoms with Gasteiger partial charge in [-0.05, 0) is 23.8 Å². The van der Waals surface area contributed by atoms with Crippen LogP contribution in [0, 0.1) is 11.3 Å². The Hall–Kier alpha value is -3.57. The summed E-state index contributed by atoms with van der Waals surface area (Å²) >= 11 is 0. The van der Waals surface area contributed by atoms with Gasteiger partial charge in [0.1, 0.15) is 17.6 Å². The Morgan fingerprint density at radius 3 is 2.67 bits per heavy atom. The zero-order chi connectivity index (χ0) is 18.6. The molecule has 0 unspecified atom stereocenters. The standard InChI is InChI=1S/C19H16N6O2/c20-11-14-9-15(12-22-19(14)25-5-7-27-8-6-25)18-16(10-17(26)23-24-18)13-1-3-21-4-2-13/h1-4,9-10,12H,5-8H2,(H,23,26). The van der Waals surface area contributed by atoms with Gasteiger partial charge in [-0.2, -0.15) is 10.4 Å². The van der Waals surface area contributed by atoms with Crippen LogP contribution in [-0.4, -0.2) is 46.5 Å². The first kappa shape index (κ1) is 16.9. The molecule has 134 valence electrons. The number of H-pyrrole nitrogens is 1. The average molecular weight is 360 g/mol. The van der Waals surface area contributed by atoms with Crippen molar-refractivity contribution in [3.63, 3.8) is 0 Å². The molecular formula is C19H16N6O2. The molecule has 0 saturated carbocycles. The molecular weight excluding hydrogens is 344 g/mol. The van der Waals surface area contributed by atoms with E-state index in [1.165, 1.54) is 6.07 Å². The van der Waals surface area contributed by atoms with Gasteiger partial charge in [0, 0.05) is 48.9 Å². The molecule has 3 aromatic rings. The molecule has 4 heterocycles. The summed E-state index contributed by atoms with van der Waals surface area (Å²) in [6, 6.07) is 9.07. The molecule has 1 aliphatic rings. The number of anilines is 1. The fourth-order valence-electron chi connectivity index (χ4n) is 3.07. The van der Waals surface area contributed by atoms with E-state index in [1.54, 1.807) is 36.8 Å². The number of rotatable bonds is 3. The molecule has 1 fully saturated rings. The molecule has 0 spiro atoms. The van der Waals surface area contributed by atoms with Gasteiger partial charge in [-0.1, -0.05) is 0 Å². The van der Waals surface area contributed by atoms with Crippen LogP contribution in [-0.2, 0) is 4.74 Å². The van der Waals surface area contributed by atoms with Gasteiger partial charge >= 0.3 is 0 Å². The van der Waals surface area contributed by atoms with Crippen molar-refractivity contribution in [2.75, 3.05) is 31.2 Å². The summed E-state index contributed by atoms with van der Waals surface area (Å²) in [6.45, 7) is 2.62. The van der Waals surface area contributed by atoms with Crippen molar-refractivity contribution in [3.8, 4) is 28.5 Å². The maximum Gasteiger partial charge on any atom is 0.264 e. The molecule has 0 aliphatic carbocycles. The van der Waals surface area contributed by atoms with E-state index in [4.69, 9.17) is 4.74 Å². The predicted octanol–water partition coefficient (Wildman–Crippen LogP) is 1.60. The summed E-state index contributed by atoms with van der Waals surface area (Å²) in [6.07, 6.45) is 4.98. The highest BCUT2D eigenvalue weighted by atomic mass is 16.5. The molecule has 1 N–H and O–H groups in total. The monoisotopic (exact) mass is 360 g/mol. The van der Waals surface area contributed by atoms with Gasteiger partial charge in [0.15, 0.2) is 0 Å². The van der Waals surface area contributed by atoms with Gasteiger partial charge in [-0.15, -0.1) is 0 Å². The van der Waals surface area contributed by atoms with Crippen LogP contribution in [0.1, 0.15) is 5.56 Å². The molecule has 1 aliphatic heterocycles. The van der Waals surface area contributed by atoms with E-state index in [1.807, 2.05) is 4.90 Å². The number of aromatic nitrogens is 4. The molecule has 0 amide bonds. The summed E-state index contributed by atoms with van der Waals surface area (Å²) < 4.78 is 5.36. The van der Waals surface area contributed by atoms with E-state index >= 15 is 0 Å². The summed E-state index contributed by atoms with van der Waals surface area (Å²) in [5, 5.41) is 16.3. The molecule has 3 aromatic heterocycles. The lowest BCUT2D eigenvalue weighted by molar-refractivity contribution is 0.122. The summed E-state index contributed by atoms with van der Waals surface area (Å²) in [4.78, 5) is 22.4. The number of pyridine rings is 2. The van der Waals surface area contributed by atoms with Crippen molar-refractivity contribution in [3.05, 3.63) is 58.8 Å². The quantitative estimate of drug-likeness (QED) is 0.756. The van der Waals surface area contributed by atoms with Crippen molar-refractivity contribution in [1.29, 1.82) is 5.26 Å². The van der Waals surface area contributed by atoms with Gasteiger partial charge < -0.3 is 9.64 Å². The van der Waals surface area contributed by atoms with Crippen LogP contribution >= 0.6 is 0 Å². The number of aromatic amines is 1. The lowest BCUT2D eigenvalue weighted by atomic mass is 10.0. The molecule has 0 atom stereocenters. The first-order chi connectivity index (χ1) is 13.3. The van der Waals surface area contributed by atoms with Crippen molar-refractivity contribution in [2.45, 2.75) is 0 Å². The summed E-state index contributed by atoms with van der Waals surface area (Å²) in [5.41, 5.74) is 2.84. The maximum atomic E-state index is 11.8. The van der Waals surface area contributed by atoms with Crippen LogP contribution in [0.5, 0.6) is 0 Å². The smallest absolute Gasteiger partial charge is 0.264 e. The van der Waals surface area contributed by atoms with Crippen LogP contribution < -0.4 is 10.5 Å². The molecule has 0 radical (unpaired) electrons. The van der Waals surface area contributed by atoms with Gasteiger partial charge in [-0.3, -0.25) is 9.78 Å². The van der Waals surface area contributed by atoms with Crippen LogP contribution in [0.4, 0.5) is 5.82 Å². The molecule has 8 heteroatoms. The summed E-state index contributed by atoms with van der Waals surface area (Å²) in [7, 11) is 0. The van der Waals surface area contributed by atoms with Gasteiger partial charge in [-0.25, -0.2) is 10.1 Å². The fraction of sp³-hybridized carbons (Fsp3) is 0.211. The zero-order valence-electron chi connectivity index (χ0n) is 14.4. The molecule has 1 saturated heterocycles. The predicted molar refractivity (Wildman–Crippen MR) is 99.1 cm³/mol. The number of morpholine rings is 1. The summed E-state index contributed by atoms with van der Waals surface area (Å²) in [5.74, 6) is 0.638. The van der Waals surface area contributed by atoms with Crippen molar-refractivity contribution < 1.29 is 4.74 Å². The lowest BCUT2D eigenvalue weighted by Gasteiger charge is -2.28. The van der Waals surface area contributed by atoms with E-state index in [0.717, 1.165) is 5.56 Å². The Labute approximate surface area is 155 Å². The second kappa shape index (κ2) is 7.35. The third-order valence-corrected chi connectivity index (χ3v) is 4.37. The second-order valence-corrected chi connectivity index (χ2v) is 6.04. The molecule has 4 rings (SSSR count). The topological polar surface area (TPSA) is 108 Å². The zero-order valence-corrected chi connectivity index (χ0v) is 14.4. The molecule has 8 nitrogen and oxygen atoms in total. The Bertz CT molecular complexity index is 1050. The number of hydrogen-bond acceptors (Lipinski definition) is 7. The van der Waals surface area contributed by atoms with E-state index < -0.39 is 0 Å². The van der Waals surface area contributed by atoms with E-state index in [2.05, 4.69) is 26.2 Å². The minimum absolute atomic E-state index is 0.302. The highest BCUT2D eigenvalue weighted by molar-refractivity contribution is 5.80. The van der Waals surface area contributed by atoms with Gasteiger partial charge in [0.25, 0.3) is 5.56 Å².